The van der Waals surface area contributed by atoms with E-state index in [0.29, 0.717) is 18.4 Å². The maximum Gasteiger partial charge on any atom is 0.223 e. The van der Waals surface area contributed by atoms with Gasteiger partial charge in [-0.25, -0.2) is 0 Å². The highest BCUT2D eigenvalue weighted by molar-refractivity contribution is 5.77. The number of nitrogens with zero attached hydrogens (tertiary/aromatic N) is 1. The summed E-state index contributed by atoms with van der Waals surface area (Å²) in [6.45, 7) is 15.9. The molecule has 0 saturated heterocycles. The molecular weight excluding hydrogens is 294 g/mol. The van der Waals surface area contributed by atoms with E-state index in [1.807, 2.05) is 0 Å². The second-order valence-electron chi connectivity index (χ2n) is 8.41. The average Bonchev–Trinajstić information content (AvgIpc) is 2.46. The van der Waals surface area contributed by atoms with Crippen molar-refractivity contribution in [2.75, 3.05) is 0 Å². The molecule has 1 rings (SSSR count). The van der Waals surface area contributed by atoms with Crippen molar-refractivity contribution in [1.82, 2.24) is 4.90 Å². The van der Waals surface area contributed by atoms with E-state index in [-0.39, 0.29) is 5.41 Å². The van der Waals surface area contributed by atoms with Crippen LogP contribution >= 0.6 is 0 Å². The molecule has 0 fully saturated rings. The third-order valence-corrected chi connectivity index (χ3v) is 4.61. The van der Waals surface area contributed by atoms with Gasteiger partial charge < -0.3 is 4.90 Å². The van der Waals surface area contributed by atoms with Gasteiger partial charge in [0.2, 0.25) is 5.91 Å². The van der Waals surface area contributed by atoms with E-state index in [1.54, 1.807) is 0 Å². The van der Waals surface area contributed by atoms with Gasteiger partial charge in [0.25, 0.3) is 0 Å². The van der Waals surface area contributed by atoms with Crippen LogP contribution in [-0.2, 0) is 11.3 Å². The third kappa shape index (κ3) is 6.67. The van der Waals surface area contributed by atoms with Gasteiger partial charge in [-0.15, -0.1) is 0 Å². The van der Waals surface area contributed by atoms with Crippen molar-refractivity contribution in [3.05, 3.63) is 34.9 Å². The number of rotatable bonds is 8. The molecule has 0 aromatic heterocycles. The van der Waals surface area contributed by atoms with E-state index in [4.69, 9.17) is 0 Å². The first-order chi connectivity index (χ1) is 11.2. The first kappa shape index (κ1) is 20.7. The van der Waals surface area contributed by atoms with Crippen molar-refractivity contribution >= 4 is 5.91 Å². The minimum Gasteiger partial charge on any atom is -0.335 e. The van der Waals surface area contributed by atoms with Gasteiger partial charge in [0.15, 0.2) is 0 Å². The summed E-state index contributed by atoms with van der Waals surface area (Å²) >= 11 is 0. The molecular formula is C22H37NO. The summed E-state index contributed by atoms with van der Waals surface area (Å²) in [7, 11) is 0. The summed E-state index contributed by atoms with van der Waals surface area (Å²) < 4.78 is 0. The van der Waals surface area contributed by atoms with Gasteiger partial charge in [0.1, 0.15) is 0 Å². The minimum absolute atomic E-state index is 0.0293. The van der Waals surface area contributed by atoms with Crippen LogP contribution in [0.1, 0.15) is 83.4 Å². The third-order valence-electron chi connectivity index (χ3n) is 4.61. The number of hydrogen-bond acceptors (Lipinski definition) is 1. The topological polar surface area (TPSA) is 20.3 Å². The second-order valence-corrected chi connectivity index (χ2v) is 8.41. The van der Waals surface area contributed by atoms with Gasteiger partial charge in [0.05, 0.1) is 0 Å². The lowest BCUT2D eigenvalue weighted by atomic mass is 9.90. The van der Waals surface area contributed by atoms with Crippen molar-refractivity contribution in [1.29, 1.82) is 0 Å². The Labute approximate surface area is 149 Å². The van der Waals surface area contributed by atoms with Crippen molar-refractivity contribution in [3.8, 4) is 0 Å². The number of benzene rings is 1. The van der Waals surface area contributed by atoms with Crippen molar-refractivity contribution < 1.29 is 4.79 Å². The smallest absolute Gasteiger partial charge is 0.223 e. The Morgan fingerprint density at radius 2 is 1.62 bits per heavy atom. The van der Waals surface area contributed by atoms with Crippen molar-refractivity contribution in [2.24, 2.45) is 5.41 Å². The fourth-order valence-electron chi connectivity index (χ4n) is 3.20. The highest BCUT2D eigenvalue weighted by atomic mass is 16.2. The predicted octanol–water partition coefficient (Wildman–Crippen LogP) is 6.04. The molecule has 0 atom stereocenters. The van der Waals surface area contributed by atoms with Crippen LogP contribution < -0.4 is 0 Å². The second kappa shape index (κ2) is 9.25. The van der Waals surface area contributed by atoms with E-state index in [0.717, 1.165) is 32.2 Å². The highest BCUT2D eigenvalue weighted by Crippen LogP contribution is 2.25. The molecule has 0 heterocycles. The molecule has 0 unspecified atom stereocenters. The van der Waals surface area contributed by atoms with E-state index < -0.39 is 0 Å². The maximum atomic E-state index is 13.0. The molecule has 0 radical (unpaired) electrons. The molecule has 2 heteroatoms. The number of aryl methyl sites for hydroxylation is 2. The van der Waals surface area contributed by atoms with Crippen LogP contribution in [-0.4, -0.2) is 16.8 Å². The fraction of sp³-hybridized carbons (Fsp3) is 0.682. The van der Waals surface area contributed by atoms with E-state index in [1.165, 1.54) is 16.7 Å². The molecule has 0 bridgehead atoms. The van der Waals surface area contributed by atoms with Gasteiger partial charge in [-0.05, 0) is 48.8 Å². The zero-order valence-corrected chi connectivity index (χ0v) is 16.9. The normalized spacial score (nSPS) is 11.8. The van der Waals surface area contributed by atoms with Crippen LogP contribution in [0, 0.1) is 19.3 Å². The fourth-order valence-corrected chi connectivity index (χ4v) is 3.20. The van der Waals surface area contributed by atoms with Gasteiger partial charge in [-0.1, -0.05) is 65.7 Å². The Balaban J connectivity index is 3.05. The summed E-state index contributed by atoms with van der Waals surface area (Å²) in [4.78, 5) is 15.2. The van der Waals surface area contributed by atoms with Crippen LogP contribution in [0.5, 0.6) is 0 Å². The van der Waals surface area contributed by atoms with Crippen LogP contribution in [0.2, 0.25) is 0 Å². The first-order valence-corrected chi connectivity index (χ1v) is 9.53. The molecule has 136 valence electrons. The molecule has 0 aliphatic carbocycles. The quantitative estimate of drug-likeness (QED) is 0.569. The molecule has 0 aliphatic heterocycles. The van der Waals surface area contributed by atoms with Crippen molar-refractivity contribution in [2.45, 2.75) is 93.2 Å². The lowest BCUT2D eigenvalue weighted by Gasteiger charge is -2.34. The summed E-state index contributed by atoms with van der Waals surface area (Å²) in [6, 6.07) is 6.94. The van der Waals surface area contributed by atoms with E-state index in [2.05, 4.69) is 71.6 Å². The number of amides is 1. The molecule has 0 aliphatic rings. The van der Waals surface area contributed by atoms with Crippen LogP contribution in [0.4, 0.5) is 0 Å². The lowest BCUT2D eigenvalue weighted by molar-refractivity contribution is -0.136. The van der Waals surface area contributed by atoms with E-state index in [9.17, 15) is 4.79 Å². The molecule has 0 spiro atoms. The Kier molecular flexibility index (Phi) is 7.99. The Hall–Kier alpha value is -1.31. The predicted molar refractivity (Wildman–Crippen MR) is 104 cm³/mol. The monoisotopic (exact) mass is 331 g/mol. The summed E-state index contributed by atoms with van der Waals surface area (Å²) in [5.74, 6) is 0.299. The van der Waals surface area contributed by atoms with E-state index >= 15 is 0 Å². The molecule has 1 aromatic rings. The average molecular weight is 332 g/mol. The van der Waals surface area contributed by atoms with Gasteiger partial charge in [-0.2, -0.15) is 0 Å². The zero-order chi connectivity index (χ0) is 18.3. The van der Waals surface area contributed by atoms with Crippen LogP contribution in [0.3, 0.4) is 0 Å². The Morgan fingerprint density at radius 3 is 2.08 bits per heavy atom. The maximum absolute atomic E-state index is 13.0. The number of carbonyl (C=O) groups is 1. The highest BCUT2D eigenvalue weighted by Gasteiger charge is 2.26. The number of carbonyl (C=O) groups excluding carboxylic acids is 1. The summed E-state index contributed by atoms with van der Waals surface area (Å²) in [6.07, 6.45) is 5.04. The first-order valence-electron chi connectivity index (χ1n) is 9.53. The largest absolute Gasteiger partial charge is 0.335 e. The lowest BCUT2D eigenvalue weighted by Crippen LogP contribution is -2.41. The summed E-state index contributed by atoms with van der Waals surface area (Å²) in [5, 5.41) is 0. The molecule has 0 saturated carbocycles. The number of hydrogen-bond donors (Lipinski definition) is 0. The van der Waals surface area contributed by atoms with Gasteiger partial charge in [0, 0.05) is 19.0 Å². The Morgan fingerprint density at radius 1 is 1.04 bits per heavy atom. The standard InChI is InChI=1S/C22H37NO/c1-8-10-20(11-9-2)23(21(24)15-22(5,6)7)16-19-13-12-17(3)18(4)14-19/h12-14,20H,8-11,15-16H2,1-7H3. The molecule has 0 N–H and O–H groups in total. The SMILES string of the molecule is CCCC(CCC)N(Cc1ccc(C)c(C)c1)C(=O)CC(C)(C)C. The van der Waals surface area contributed by atoms with Crippen molar-refractivity contribution in [3.63, 3.8) is 0 Å². The van der Waals surface area contributed by atoms with Gasteiger partial charge in [-0.3, -0.25) is 4.79 Å². The van der Waals surface area contributed by atoms with Gasteiger partial charge >= 0.3 is 0 Å². The minimum atomic E-state index is 0.0293. The molecule has 24 heavy (non-hydrogen) atoms. The summed E-state index contributed by atoms with van der Waals surface area (Å²) in [5.41, 5.74) is 3.89. The zero-order valence-electron chi connectivity index (χ0n) is 16.9. The molecule has 1 amide bonds. The Bertz CT molecular complexity index is 521. The molecule has 2 nitrogen and oxygen atoms in total. The van der Waals surface area contributed by atoms with Crippen LogP contribution in [0.25, 0.3) is 0 Å². The molecule has 1 aromatic carbocycles. The van der Waals surface area contributed by atoms with Crippen LogP contribution in [0.15, 0.2) is 18.2 Å².